The van der Waals surface area contributed by atoms with Crippen molar-refractivity contribution in [1.29, 1.82) is 0 Å². The Hall–Kier alpha value is -0.240. The van der Waals surface area contributed by atoms with Crippen LogP contribution in [0.5, 0.6) is 0 Å². The Morgan fingerprint density at radius 3 is 2.29 bits per heavy atom. The lowest BCUT2D eigenvalue weighted by Crippen LogP contribution is -2.51. The van der Waals surface area contributed by atoms with Gasteiger partial charge in [-0.25, -0.2) is 0 Å². The van der Waals surface area contributed by atoms with Gasteiger partial charge in [0.05, 0.1) is 0 Å². The number of benzene rings is 1. The molecule has 0 heterocycles. The summed E-state index contributed by atoms with van der Waals surface area (Å²) in [5.74, 6) is 0.458. The molecule has 1 saturated carbocycles. The minimum Gasteiger partial charge on any atom is -0.321 e. The van der Waals surface area contributed by atoms with E-state index in [-0.39, 0.29) is 5.54 Å². The summed E-state index contributed by atoms with van der Waals surface area (Å²) >= 11 is 12.3. The summed E-state index contributed by atoms with van der Waals surface area (Å²) < 4.78 is 0. The van der Waals surface area contributed by atoms with Gasteiger partial charge in [-0.1, -0.05) is 36.2 Å². The minimum atomic E-state index is -0.310. The average Bonchev–Trinajstić information content (AvgIpc) is 2.15. The molecule has 0 saturated heterocycles. The molecule has 0 aromatic heterocycles. The highest BCUT2D eigenvalue weighted by molar-refractivity contribution is 6.36. The van der Waals surface area contributed by atoms with E-state index in [1.54, 1.807) is 0 Å². The first-order valence-corrected chi connectivity index (χ1v) is 5.54. The predicted molar refractivity (Wildman–Crippen MR) is 60.7 cm³/mol. The van der Waals surface area contributed by atoms with Gasteiger partial charge in [0.2, 0.25) is 0 Å². The second-order valence-corrected chi connectivity index (χ2v) is 4.89. The Bertz CT molecular complexity index is 344. The number of rotatable bonds is 1. The van der Waals surface area contributed by atoms with Crippen molar-refractivity contribution >= 4 is 23.2 Å². The van der Waals surface area contributed by atoms with E-state index in [1.165, 1.54) is 0 Å². The minimum absolute atomic E-state index is 0.310. The third kappa shape index (κ3) is 1.35. The van der Waals surface area contributed by atoms with E-state index in [1.807, 2.05) is 18.2 Å². The maximum atomic E-state index is 6.30. The zero-order chi connectivity index (χ0) is 10.3. The number of nitrogens with two attached hydrogens (primary N) is 1. The SMILES string of the molecule is CC1CCC1(N)c1c(Cl)cccc1Cl. The molecule has 2 rings (SSSR count). The monoisotopic (exact) mass is 229 g/mol. The molecule has 2 atom stereocenters. The van der Waals surface area contributed by atoms with Crippen molar-refractivity contribution in [2.75, 3.05) is 0 Å². The lowest BCUT2D eigenvalue weighted by atomic mass is 9.64. The van der Waals surface area contributed by atoms with Crippen LogP contribution in [0.15, 0.2) is 18.2 Å². The largest absolute Gasteiger partial charge is 0.321 e. The van der Waals surface area contributed by atoms with Crippen LogP contribution in [-0.2, 0) is 5.54 Å². The van der Waals surface area contributed by atoms with Crippen LogP contribution in [0, 0.1) is 5.92 Å². The lowest BCUT2D eigenvalue weighted by molar-refractivity contribution is 0.145. The van der Waals surface area contributed by atoms with E-state index in [2.05, 4.69) is 6.92 Å². The molecule has 0 aliphatic heterocycles. The first kappa shape index (κ1) is 10.3. The summed E-state index contributed by atoms with van der Waals surface area (Å²) in [4.78, 5) is 0. The van der Waals surface area contributed by atoms with Gasteiger partial charge >= 0.3 is 0 Å². The summed E-state index contributed by atoms with van der Waals surface area (Å²) in [6, 6.07) is 5.55. The third-order valence-corrected chi connectivity index (χ3v) is 3.93. The quantitative estimate of drug-likeness (QED) is 0.783. The fraction of sp³-hybridized carbons (Fsp3) is 0.455. The summed E-state index contributed by atoms with van der Waals surface area (Å²) in [6.07, 6.45) is 2.12. The highest BCUT2D eigenvalue weighted by Crippen LogP contribution is 2.48. The molecule has 1 aliphatic rings. The molecule has 1 aliphatic carbocycles. The van der Waals surface area contributed by atoms with E-state index < -0.39 is 0 Å². The van der Waals surface area contributed by atoms with Gasteiger partial charge in [-0.3, -0.25) is 0 Å². The molecule has 1 fully saturated rings. The van der Waals surface area contributed by atoms with Gasteiger partial charge in [-0.15, -0.1) is 0 Å². The van der Waals surface area contributed by atoms with Crippen molar-refractivity contribution in [2.45, 2.75) is 25.3 Å². The van der Waals surface area contributed by atoms with E-state index in [9.17, 15) is 0 Å². The van der Waals surface area contributed by atoms with Crippen molar-refractivity contribution in [3.8, 4) is 0 Å². The Morgan fingerprint density at radius 2 is 1.93 bits per heavy atom. The van der Waals surface area contributed by atoms with Gasteiger partial charge in [-0.2, -0.15) is 0 Å². The molecular formula is C11H13Cl2N. The summed E-state index contributed by atoms with van der Waals surface area (Å²) in [6.45, 7) is 2.14. The van der Waals surface area contributed by atoms with Crippen LogP contribution in [0.25, 0.3) is 0 Å². The highest BCUT2D eigenvalue weighted by atomic mass is 35.5. The van der Waals surface area contributed by atoms with E-state index in [0.29, 0.717) is 16.0 Å². The Balaban J connectivity index is 2.50. The molecule has 3 heteroatoms. The fourth-order valence-electron chi connectivity index (χ4n) is 2.06. The number of hydrogen-bond donors (Lipinski definition) is 1. The van der Waals surface area contributed by atoms with Gasteiger partial charge in [-0.05, 0) is 30.9 Å². The van der Waals surface area contributed by atoms with Crippen LogP contribution >= 0.6 is 23.2 Å². The molecule has 1 nitrogen and oxygen atoms in total. The summed E-state index contributed by atoms with van der Waals surface area (Å²) in [5, 5.41) is 1.37. The maximum Gasteiger partial charge on any atom is 0.0471 e. The lowest BCUT2D eigenvalue weighted by Gasteiger charge is -2.46. The van der Waals surface area contributed by atoms with Crippen molar-refractivity contribution in [2.24, 2.45) is 11.7 Å². The first-order valence-electron chi connectivity index (χ1n) is 4.79. The van der Waals surface area contributed by atoms with Gasteiger partial charge in [0, 0.05) is 21.1 Å². The Morgan fingerprint density at radius 1 is 1.36 bits per heavy atom. The molecule has 0 bridgehead atoms. The molecule has 0 radical (unpaired) electrons. The second kappa shape index (κ2) is 3.41. The van der Waals surface area contributed by atoms with Crippen LogP contribution in [-0.4, -0.2) is 0 Å². The highest BCUT2D eigenvalue weighted by Gasteiger charge is 2.44. The molecule has 76 valence electrons. The van der Waals surface area contributed by atoms with Crippen molar-refractivity contribution in [3.05, 3.63) is 33.8 Å². The molecular weight excluding hydrogens is 217 g/mol. The van der Waals surface area contributed by atoms with E-state index in [0.717, 1.165) is 18.4 Å². The molecule has 0 spiro atoms. The summed E-state index contributed by atoms with van der Waals surface area (Å²) in [7, 11) is 0. The van der Waals surface area contributed by atoms with Crippen molar-refractivity contribution < 1.29 is 0 Å². The van der Waals surface area contributed by atoms with Gasteiger partial charge in [0.15, 0.2) is 0 Å². The topological polar surface area (TPSA) is 26.0 Å². The standard InChI is InChI=1S/C11H13Cl2N/c1-7-5-6-11(7,14)10-8(12)3-2-4-9(10)13/h2-4,7H,5-6,14H2,1H3. The molecule has 1 aromatic rings. The predicted octanol–water partition coefficient (Wildman–Crippen LogP) is 3.58. The van der Waals surface area contributed by atoms with E-state index >= 15 is 0 Å². The second-order valence-electron chi connectivity index (χ2n) is 4.08. The number of halogens is 2. The third-order valence-electron chi connectivity index (χ3n) is 3.30. The van der Waals surface area contributed by atoms with Gasteiger partial charge < -0.3 is 5.73 Å². The number of hydrogen-bond acceptors (Lipinski definition) is 1. The van der Waals surface area contributed by atoms with Gasteiger partial charge in [0.25, 0.3) is 0 Å². The zero-order valence-corrected chi connectivity index (χ0v) is 9.57. The van der Waals surface area contributed by atoms with Crippen LogP contribution in [0.2, 0.25) is 10.0 Å². The first-order chi connectivity index (χ1) is 6.55. The Labute approximate surface area is 94.2 Å². The van der Waals surface area contributed by atoms with Crippen LogP contribution in [0.1, 0.15) is 25.3 Å². The smallest absolute Gasteiger partial charge is 0.0471 e. The van der Waals surface area contributed by atoms with Crippen molar-refractivity contribution in [3.63, 3.8) is 0 Å². The van der Waals surface area contributed by atoms with Crippen LogP contribution in [0.4, 0.5) is 0 Å². The average molecular weight is 230 g/mol. The summed E-state index contributed by atoms with van der Waals surface area (Å²) in [5.41, 5.74) is 6.91. The van der Waals surface area contributed by atoms with Crippen LogP contribution < -0.4 is 5.73 Å². The normalized spacial score (nSPS) is 31.3. The molecule has 1 aromatic carbocycles. The van der Waals surface area contributed by atoms with Gasteiger partial charge in [0.1, 0.15) is 0 Å². The zero-order valence-electron chi connectivity index (χ0n) is 8.06. The fourth-order valence-corrected chi connectivity index (χ4v) is 2.81. The molecule has 14 heavy (non-hydrogen) atoms. The van der Waals surface area contributed by atoms with E-state index in [4.69, 9.17) is 28.9 Å². The molecule has 2 N–H and O–H groups in total. The van der Waals surface area contributed by atoms with Crippen molar-refractivity contribution in [1.82, 2.24) is 0 Å². The molecule has 2 unspecified atom stereocenters. The van der Waals surface area contributed by atoms with Crippen LogP contribution in [0.3, 0.4) is 0 Å². The molecule has 0 amide bonds. The Kier molecular flexibility index (Phi) is 2.50. The maximum absolute atomic E-state index is 6.30.